The van der Waals surface area contributed by atoms with Crippen molar-refractivity contribution in [3.63, 3.8) is 0 Å². The highest BCUT2D eigenvalue weighted by molar-refractivity contribution is 5.94. The molecule has 1 aliphatic heterocycles. The summed E-state index contributed by atoms with van der Waals surface area (Å²) in [5.41, 5.74) is -0.542. The Hall–Kier alpha value is -4.13. The number of ether oxygens (including phenoxy) is 2. The van der Waals surface area contributed by atoms with Crippen LogP contribution in [0, 0.1) is 12.3 Å². The maximum absolute atomic E-state index is 14.4. The number of aromatic nitrogens is 1. The highest BCUT2D eigenvalue weighted by Crippen LogP contribution is 2.32. The zero-order valence-electron chi connectivity index (χ0n) is 30.3. The van der Waals surface area contributed by atoms with Crippen LogP contribution >= 0.6 is 0 Å². The van der Waals surface area contributed by atoms with Gasteiger partial charge in [-0.3, -0.25) is 14.4 Å². The lowest BCUT2D eigenvalue weighted by Gasteiger charge is -2.36. The molecule has 2 fully saturated rings. The van der Waals surface area contributed by atoms with Crippen molar-refractivity contribution < 1.29 is 33.8 Å². The summed E-state index contributed by atoms with van der Waals surface area (Å²) in [4.78, 5) is 60.4. The second-order valence-corrected chi connectivity index (χ2v) is 15.4. The molecule has 2 heterocycles. The Kier molecular flexibility index (Phi) is 11.7. The van der Waals surface area contributed by atoms with E-state index in [2.05, 4.69) is 26.3 Å². The molecule has 13 nitrogen and oxygen atoms in total. The van der Waals surface area contributed by atoms with Crippen molar-refractivity contribution in [2.45, 2.75) is 129 Å². The van der Waals surface area contributed by atoms with Crippen LogP contribution in [0.1, 0.15) is 86.3 Å². The number of aliphatic hydroxyl groups excluding tert-OH is 1. The van der Waals surface area contributed by atoms with Crippen LogP contribution in [-0.4, -0.2) is 94.3 Å². The number of aryl methyl sites for hydroxylation is 1. The quantitative estimate of drug-likeness (QED) is 0.227. The number of nitrogens with zero attached hydrogens (tertiary/aromatic N) is 2. The number of rotatable bonds is 12. The van der Waals surface area contributed by atoms with E-state index in [1.807, 2.05) is 79.7 Å². The van der Waals surface area contributed by atoms with Crippen LogP contribution in [0.2, 0.25) is 0 Å². The number of methoxy groups -OCH3 is 1. The second kappa shape index (κ2) is 15.2. The maximum Gasteiger partial charge on any atom is 0.315 e. The number of fused-ring (bicyclic) bond motifs is 1. The van der Waals surface area contributed by atoms with Gasteiger partial charge < -0.3 is 40.7 Å². The van der Waals surface area contributed by atoms with Gasteiger partial charge in [0.05, 0.1) is 19.7 Å². The summed E-state index contributed by atoms with van der Waals surface area (Å²) < 4.78 is 11.9. The van der Waals surface area contributed by atoms with Crippen molar-refractivity contribution in [3.8, 4) is 11.6 Å². The average Bonchev–Trinajstić information content (AvgIpc) is 3.72. The Morgan fingerprint density at radius 2 is 1.76 bits per heavy atom. The summed E-state index contributed by atoms with van der Waals surface area (Å²) in [5.74, 6) is -0.451. The van der Waals surface area contributed by atoms with Gasteiger partial charge in [0.2, 0.25) is 17.7 Å². The lowest BCUT2D eigenvalue weighted by atomic mass is 9.85. The number of hydrogen-bond acceptors (Lipinski definition) is 8. The van der Waals surface area contributed by atoms with Crippen LogP contribution in [-0.2, 0) is 14.4 Å². The summed E-state index contributed by atoms with van der Waals surface area (Å²) >= 11 is 0. The Balaban J connectivity index is 1.65. The number of nitrogens with one attached hydrogen (secondary N) is 4. The predicted molar refractivity (Wildman–Crippen MR) is 186 cm³/mol. The zero-order chi connectivity index (χ0) is 36.3. The average molecular weight is 683 g/mol. The molecule has 4 rings (SSSR count). The Morgan fingerprint density at radius 1 is 1.06 bits per heavy atom. The molecule has 49 heavy (non-hydrogen) atoms. The van der Waals surface area contributed by atoms with Gasteiger partial charge in [0.15, 0.2) is 6.10 Å². The highest BCUT2D eigenvalue weighted by Gasteiger charge is 2.47. The van der Waals surface area contributed by atoms with Gasteiger partial charge in [0.25, 0.3) is 5.91 Å². The topological polar surface area (TPSA) is 171 Å². The monoisotopic (exact) mass is 682 g/mol. The summed E-state index contributed by atoms with van der Waals surface area (Å²) in [6, 6.07) is 4.16. The van der Waals surface area contributed by atoms with Gasteiger partial charge in [-0.2, -0.15) is 0 Å². The van der Waals surface area contributed by atoms with Crippen LogP contribution < -0.4 is 30.7 Å². The number of urea groups is 1. The van der Waals surface area contributed by atoms with E-state index in [9.17, 15) is 24.3 Å². The van der Waals surface area contributed by atoms with Crippen molar-refractivity contribution >= 4 is 34.5 Å². The molecule has 5 N–H and O–H groups in total. The molecule has 5 atom stereocenters. The molecule has 1 saturated heterocycles. The summed E-state index contributed by atoms with van der Waals surface area (Å²) in [6.07, 6.45) is 0.723. The lowest BCUT2D eigenvalue weighted by molar-refractivity contribution is -0.143. The number of carbonyl (C=O) groups excluding carboxylic acids is 4. The predicted octanol–water partition coefficient (Wildman–Crippen LogP) is 3.34. The number of amides is 5. The Bertz CT molecular complexity index is 1530. The largest absolute Gasteiger partial charge is 0.497 e. The number of pyridine rings is 1. The number of hydrogen-bond donors (Lipinski definition) is 5. The van der Waals surface area contributed by atoms with Gasteiger partial charge in [-0.1, -0.05) is 34.1 Å². The zero-order valence-corrected chi connectivity index (χ0v) is 30.3. The molecule has 1 aromatic heterocycles. The number of benzene rings is 1. The minimum absolute atomic E-state index is 0.0442. The van der Waals surface area contributed by atoms with Crippen molar-refractivity contribution in [2.24, 2.45) is 5.41 Å². The molecule has 270 valence electrons. The molecule has 2 aromatic rings. The number of aliphatic hydroxyl groups is 1. The van der Waals surface area contributed by atoms with Gasteiger partial charge in [-0.15, -0.1) is 0 Å². The van der Waals surface area contributed by atoms with E-state index >= 15 is 0 Å². The number of likely N-dealkylation sites (tertiary alicyclic amines) is 1. The fraction of sp³-hybridized carbons (Fsp3) is 0.639. The molecule has 3 unspecified atom stereocenters. The molecule has 2 aliphatic rings. The van der Waals surface area contributed by atoms with E-state index in [1.165, 1.54) is 4.90 Å². The van der Waals surface area contributed by atoms with E-state index in [0.717, 1.165) is 29.3 Å². The van der Waals surface area contributed by atoms with Crippen molar-refractivity contribution in [1.82, 2.24) is 31.2 Å². The third-order valence-electron chi connectivity index (χ3n) is 8.64. The molecule has 13 heteroatoms. The maximum atomic E-state index is 14.4. The fourth-order valence-corrected chi connectivity index (χ4v) is 6.00. The van der Waals surface area contributed by atoms with Crippen molar-refractivity contribution in [3.05, 3.63) is 30.0 Å². The van der Waals surface area contributed by atoms with E-state index in [1.54, 1.807) is 7.11 Å². The lowest BCUT2D eigenvalue weighted by Crippen LogP contribution is -2.61. The highest BCUT2D eigenvalue weighted by atomic mass is 16.5. The van der Waals surface area contributed by atoms with Crippen LogP contribution in [0.15, 0.2) is 24.3 Å². The van der Waals surface area contributed by atoms with E-state index in [0.29, 0.717) is 24.5 Å². The van der Waals surface area contributed by atoms with Gasteiger partial charge in [0.1, 0.15) is 23.9 Å². The molecule has 1 aliphatic carbocycles. The van der Waals surface area contributed by atoms with Gasteiger partial charge >= 0.3 is 6.03 Å². The standard InChI is InChI=1S/C36H54N6O7/c1-10-11-26(28(43)31(45)38-22-12-13-22)39-30(44)27-18-24(49-32-25-15-14-23(48-9)17-21(25)16-20(2)37-32)19-42(27)33(46)29(35(3,4)5)40-34(47)41-36(6,7)8/h14-17,22,24,26-29,43H,10-13,18-19H2,1-9H3,(H,38,45)(H,39,44)(H2,40,41,47)/t24-,26?,27?,28?,29-/m1/s1. The van der Waals surface area contributed by atoms with E-state index in [4.69, 9.17) is 9.47 Å². The Morgan fingerprint density at radius 3 is 2.35 bits per heavy atom. The van der Waals surface area contributed by atoms with E-state index in [-0.39, 0.29) is 19.0 Å². The molecule has 0 radical (unpaired) electrons. The summed E-state index contributed by atoms with van der Waals surface area (Å²) in [5, 5.41) is 23.9. The molecular weight excluding hydrogens is 628 g/mol. The van der Waals surface area contributed by atoms with E-state index < -0.39 is 65.0 Å². The van der Waals surface area contributed by atoms with Crippen molar-refractivity contribution in [2.75, 3.05) is 13.7 Å². The summed E-state index contributed by atoms with van der Waals surface area (Å²) in [6.45, 7) is 14.9. The molecule has 0 spiro atoms. The smallest absolute Gasteiger partial charge is 0.315 e. The third kappa shape index (κ3) is 9.96. The molecule has 1 aromatic carbocycles. The minimum Gasteiger partial charge on any atom is -0.497 e. The van der Waals surface area contributed by atoms with Crippen LogP contribution in [0.4, 0.5) is 4.79 Å². The Labute approximate surface area is 289 Å². The summed E-state index contributed by atoms with van der Waals surface area (Å²) in [7, 11) is 1.60. The van der Waals surface area contributed by atoms with Crippen molar-refractivity contribution in [1.29, 1.82) is 0 Å². The molecule has 0 bridgehead atoms. The van der Waals surface area contributed by atoms with Crippen LogP contribution in [0.25, 0.3) is 10.8 Å². The first-order valence-corrected chi connectivity index (χ1v) is 17.2. The third-order valence-corrected chi connectivity index (χ3v) is 8.64. The van der Waals surface area contributed by atoms with Gasteiger partial charge in [-0.25, -0.2) is 9.78 Å². The van der Waals surface area contributed by atoms with Gasteiger partial charge in [0, 0.05) is 29.1 Å². The number of carbonyl (C=O) groups is 4. The molecule has 5 amide bonds. The molecule has 1 saturated carbocycles. The van der Waals surface area contributed by atoms with Gasteiger partial charge in [-0.05, 0) is 82.0 Å². The fourth-order valence-electron chi connectivity index (χ4n) is 6.00. The SMILES string of the molecule is CCCC(NC(=O)C1C[C@@H](Oc2nc(C)cc3cc(OC)ccc23)CN1C(=O)[C@@H](NC(=O)NC(C)(C)C)C(C)(C)C)C(O)C(=O)NC1CC1. The second-order valence-electron chi connectivity index (χ2n) is 15.4. The first kappa shape index (κ1) is 37.7. The first-order chi connectivity index (χ1) is 22.9. The molecular formula is C36H54N6O7. The first-order valence-electron chi connectivity index (χ1n) is 17.2. The van der Waals surface area contributed by atoms with Crippen LogP contribution in [0.5, 0.6) is 11.6 Å². The minimum atomic E-state index is -1.45. The van der Waals surface area contributed by atoms with Crippen LogP contribution in [0.3, 0.4) is 0 Å². The normalized spacial score (nSPS) is 19.8.